The van der Waals surface area contributed by atoms with Crippen LogP contribution in [0.3, 0.4) is 0 Å². The van der Waals surface area contributed by atoms with Crippen molar-refractivity contribution in [3.63, 3.8) is 0 Å². The normalized spacial score (nSPS) is 28.3. The Morgan fingerprint density at radius 2 is 1.96 bits per heavy atom. The van der Waals surface area contributed by atoms with Crippen LogP contribution in [-0.4, -0.2) is 39.5 Å². The van der Waals surface area contributed by atoms with Gasteiger partial charge in [-0.1, -0.05) is 50.5 Å². The Balaban J connectivity index is 1.71. The fourth-order valence-electron chi connectivity index (χ4n) is 5.00. The minimum absolute atomic E-state index is 0.0375. The number of nitrogens with one attached hydrogen (secondary N) is 1. The second kappa shape index (κ2) is 8.81. The van der Waals surface area contributed by atoms with Crippen molar-refractivity contribution in [2.24, 2.45) is 11.8 Å². The number of piperidine rings is 1. The van der Waals surface area contributed by atoms with Gasteiger partial charge in [-0.2, -0.15) is 13.2 Å². The van der Waals surface area contributed by atoms with Crippen LogP contribution >= 0.6 is 0 Å². The second-order valence-electron chi connectivity index (χ2n) is 8.14. The molecule has 2 aliphatic rings. The first-order valence-electron chi connectivity index (χ1n) is 9.99. The molecule has 158 valence electrons. The number of likely N-dealkylation sites (tertiary alicyclic amines) is 1. The lowest BCUT2D eigenvalue weighted by molar-refractivity contribution is -0.143. The van der Waals surface area contributed by atoms with E-state index < -0.39 is 29.3 Å². The van der Waals surface area contributed by atoms with Crippen molar-refractivity contribution in [3.05, 3.63) is 35.4 Å². The molecule has 1 saturated heterocycles. The first-order valence-corrected chi connectivity index (χ1v) is 11.1. The summed E-state index contributed by atoms with van der Waals surface area (Å²) in [6.45, 7) is 4.75. The van der Waals surface area contributed by atoms with Crippen LogP contribution in [0.1, 0.15) is 50.2 Å². The van der Waals surface area contributed by atoms with Gasteiger partial charge in [0.2, 0.25) is 11.3 Å². The quantitative estimate of drug-likeness (QED) is 0.441. The molecule has 1 aliphatic carbocycles. The van der Waals surface area contributed by atoms with E-state index in [1.165, 1.54) is 19.3 Å². The van der Waals surface area contributed by atoms with Crippen LogP contribution in [0.5, 0.6) is 0 Å². The predicted octanol–water partition coefficient (Wildman–Crippen LogP) is 4.25. The highest BCUT2D eigenvalue weighted by atomic mass is 32.2. The molecule has 3 rings (SSSR count). The van der Waals surface area contributed by atoms with Crippen LogP contribution in [0.4, 0.5) is 13.2 Å². The molecular weight excluding hydrogens is 389 g/mol. The Hall–Kier alpha value is -0.960. The third-order valence-electron chi connectivity index (χ3n) is 6.29. The molecule has 0 radical (unpaired) electrons. The number of fused-ring (bicyclic) bond motifs is 1. The summed E-state index contributed by atoms with van der Waals surface area (Å²) in [4.78, 5) is 2.32. The van der Waals surface area contributed by atoms with Gasteiger partial charge in [0.05, 0.1) is 6.42 Å². The van der Waals surface area contributed by atoms with Gasteiger partial charge in [0, 0.05) is 25.0 Å². The maximum atomic E-state index is 13.4. The molecular formula is C20H29F3N2O2S. The first kappa shape index (κ1) is 21.7. The Morgan fingerprint density at radius 1 is 1.25 bits per heavy atom. The minimum atomic E-state index is -4.21. The molecule has 0 spiro atoms. The highest BCUT2D eigenvalue weighted by Crippen LogP contribution is 2.67. The molecule has 8 heteroatoms. The van der Waals surface area contributed by atoms with Gasteiger partial charge in [-0.15, -0.1) is 0 Å². The largest absolute Gasteiger partial charge is 0.389 e. The molecule has 3 atom stereocenters. The summed E-state index contributed by atoms with van der Waals surface area (Å²) in [5.41, 5.74) is 0.600. The number of hydrogen-bond donors (Lipinski definition) is 2. The molecule has 2 N–H and O–H groups in total. The fourth-order valence-corrected chi connectivity index (χ4v) is 5.29. The van der Waals surface area contributed by atoms with E-state index in [1.807, 2.05) is 0 Å². The Morgan fingerprint density at radius 3 is 2.57 bits per heavy atom. The van der Waals surface area contributed by atoms with E-state index in [0.717, 1.165) is 31.6 Å². The average Bonchev–Trinajstić information content (AvgIpc) is 3.00. The van der Waals surface area contributed by atoms with E-state index in [2.05, 4.69) is 16.5 Å². The molecule has 1 heterocycles. The van der Waals surface area contributed by atoms with Crippen LogP contribution in [0.2, 0.25) is 0 Å². The standard InChI is InChI=1S/C20H29F3N2O2S/c1-2-3-4-5-9-25-12-17-18(13-25)19(17,14-20(21,22)23)16-8-6-7-15(10-16)11-24-28(26)27/h6-8,10,17-18,24H,2-5,9,11-14H2,1H3,(H,26,27). The number of alkyl halides is 3. The van der Waals surface area contributed by atoms with E-state index >= 15 is 0 Å². The third kappa shape index (κ3) is 4.96. The lowest BCUT2D eigenvalue weighted by Gasteiger charge is -2.28. The summed E-state index contributed by atoms with van der Waals surface area (Å²) in [6, 6.07) is 7.08. The topological polar surface area (TPSA) is 52.6 Å². The molecule has 2 fully saturated rings. The molecule has 1 saturated carbocycles. The van der Waals surface area contributed by atoms with Gasteiger partial charge < -0.3 is 4.90 Å². The number of rotatable bonds is 10. The van der Waals surface area contributed by atoms with Crippen LogP contribution < -0.4 is 4.72 Å². The Kier molecular flexibility index (Phi) is 6.84. The van der Waals surface area contributed by atoms with E-state index in [4.69, 9.17) is 4.55 Å². The summed E-state index contributed by atoms with van der Waals surface area (Å²) < 4.78 is 62.4. The maximum Gasteiger partial charge on any atom is 0.389 e. The molecule has 1 aromatic rings. The SMILES string of the molecule is CCCCCCN1CC2C(C1)C2(CC(F)(F)F)c1cccc(CNS(=O)O)c1. The zero-order valence-corrected chi connectivity index (χ0v) is 17.0. The average molecular weight is 419 g/mol. The minimum Gasteiger partial charge on any atom is -0.303 e. The monoisotopic (exact) mass is 418 g/mol. The van der Waals surface area contributed by atoms with Gasteiger partial charge in [0.15, 0.2) is 0 Å². The molecule has 28 heavy (non-hydrogen) atoms. The number of benzene rings is 1. The smallest absolute Gasteiger partial charge is 0.303 e. The van der Waals surface area contributed by atoms with Crippen molar-refractivity contribution in [1.82, 2.24) is 9.62 Å². The number of hydrogen-bond acceptors (Lipinski definition) is 2. The van der Waals surface area contributed by atoms with E-state index in [0.29, 0.717) is 5.56 Å². The zero-order chi connectivity index (χ0) is 20.4. The lowest BCUT2D eigenvalue weighted by Crippen LogP contribution is -2.34. The predicted molar refractivity (Wildman–Crippen MR) is 104 cm³/mol. The van der Waals surface area contributed by atoms with Crippen LogP contribution in [0.25, 0.3) is 0 Å². The third-order valence-corrected chi connectivity index (χ3v) is 6.69. The summed E-state index contributed by atoms with van der Waals surface area (Å²) in [5.74, 6) is 0.0750. The highest BCUT2D eigenvalue weighted by molar-refractivity contribution is 7.77. The van der Waals surface area contributed by atoms with Crippen molar-refractivity contribution in [2.75, 3.05) is 19.6 Å². The van der Waals surface area contributed by atoms with Gasteiger partial charge in [-0.3, -0.25) is 4.55 Å². The highest BCUT2D eigenvalue weighted by Gasteiger charge is 2.70. The fraction of sp³-hybridized carbons (Fsp3) is 0.700. The van der Waals surface area contributed by atoms with Gasteiger partial charge in [-0.25, -0.2) is 8.93 Å². The molecule has 0 amide bonds. The zero-order valence-electron chi connectivity index (χ0n) is 16.2. The van der Waals surface area contributed by atoms with Crippen LogP contribution in [-0.2, 0) is 23.2 Å². The molecule has 1 aliphatic heterocycles. The van der Waals surface area contributed by atoms with Crippen molar-refractivity contribution < 1.29 is 21.9 Å². The van der Waals surface area contributed by atoms with Crippen LogP contribution in [0.15, 0.2) is 24.3 Å². The molecule has 0 bridgehead atoms. The number of unbranched alkanes of at least 4 members (excludes halogenated alkanes) is 3. The van der Waals surface area contributed by atoms with Gasteiger partial charge in [0.1, 0.15) is 0 Å². The van der Waals surface area contributed by atoms with Gasteiger partial charge in [-0.05, 0) is 35.9 Å². The molecule has 3 unspecified atom stereocenters. The van der Waals surface area contributed by atoms with Gasteiger partial charge in [0.25, 0.3) is 0 Å². The summed E-state index contributed by atoms with van der Waals surface area (Å²) in [5, 5.41) is 0. The number of nitrogens with zero attached hydrogens (tertiary/aromatic N) is 1. The summed E-state index contributed by atoms with van der Waals surface area (Å²) >= 11 is -2.15. The summed E-state index contributed by atoms with van der Waals surface area (Å²) in [6.07, 6.45) is -0.331. The van der Waals surface area contributed by atoms with Crippen molar-refractivity contribution in [3.8, 4) is 0 Å². The molecule has 0 aromatic heterocycles. The molecule has 4 nitrogen and oxygen atoms in total. The second-order valence-corrected chi connectivity index (χ2v) is 8.92. The van der Waals surface area contributed by atoms with Crippen molar-refractivity contribution >= 4 is 11.3 Å². The van der Waals surface area contributed by atoms with E-state index in [9.17, 15) is 17.4 Å². The van der Waals surface area contributed by atoms with E-state index in [-0.39, 0.29) is 18.4 Å². The Labute approximate surface area is 167 Å². The molecule has 1 aromatic carbocycles. The van der Waals surface area contributed by atoms with Crippen molar-refractivity contribution in [2.45, 2.75) is 57.2 Å². The lowest BCUT2D eigenvalue weighted by atomic mass is 9.85. The van der Waals surface area contributed by atoms with Gasteiger partial charge >= 0.3 is 6.18 Å². The maximum absolute atomic E-state index is 13.4. The first-order chi connectivity index (χ1) is 13.3. The van der Waals surface area contributed by atoms with Crippen molar-refractivity contribution in [1.29, 1.82) is 0 Å². The number of halogens is 3. The van der Waals surface area contributed by atoms with E-state index in [1.54, 1.807) is 24.3 Å². The Bertz CT molecular complexity index is 686. The van der Waals surface area contributed by atoms with Crippen LogP contribution in [0, 0.1) is 11.8 Å². The summed E-state index contributed by atoms with van der Waals surface area (Å²) in [7, 11) is 0.